The van der Waals surface area contributed by atoms with Gasteiger partial charge in [-0.05, 0) is 106 Å². The second kappa shape index (κ2) is 18.6. The fourth-order valence-electron chi connectivity index (χ4n) is 5.43. The van der Waals surface area contributed by atoms with E-state index in [1.54, 1.807) is 66.7 Å². The third-order valence-corrected chi connectivity index (χ3v) is 13.2. The molecule has 0 aliphatic heterocycles. The van der Waals surface area contributed by atoms with E-state index in [1.165, 1.54) is 56.6 Å². The van der Waals surface area contributed by atoms with Crippen LogP contribution in [0, 0.1) is 0 Å². The number of hydrogen-bond donors (Lipinski definition) is 2. The number of anilines is 4. The van der Waals surface area contributed by atoms with Crippen molar-refractivity contribution in [3.63, 3.8) is 0 Å². The first-order chi connectivity index (χ1) is 25.6. The van der Waals surface area contributed by atoms with Gasteiger partial charge in [0.25, 0.3) is 20.0 Å². The van der Waals surface area contributed by atoms with Gasteiger partial charge in [-0.2, -0.15) is 4.33 Å². The van der Waals surface area contributed by atoms with Crippen LogP contribution in [0.2, 0.25) is 0 Å². The van der Waals surface area contributed by atoms with Crippen LogP contribution in [0.1, 0.15) is 0 Å². The predicted octanol–water partition coefficient (Wildman–Crippen LogP) is -0.570. The molecule has 0 aromatic heterocycles. The molecule has 0 heterocycles. The van der Waals surface area contributed by atoms with Crippen molar-refractivity contribution in [2.45, 2.75) is 19.6 Å². The minimum absolute atomic E-state index is 0. The molecule has 6 aromatic carbocycles. The summed E-state index contributed by atoms with van der Waals surface area (Å²) in [5.41, 5.74) is 0.976. The third-order valence-electron chi connectivity index (χ3n) is 8.27. The van der Waals surface area contributed by atoms with Crippen molar-refractivity contribution in [1.82, 2.24) is 0 Å². The Bertz CT molecular complexity index is 2760. The first-order valence-electron chi connectivity index (χ1n) is 15.5. The van der Waals surface area contributed by atoms with Crippen LogP contribution < -0.4 is 83.6 Å². The summed E-state index contributed by atoms with van der Waals surface area (Å²) in [6.45, 7) is 0. The minimum atomic E-state index is -4.81. The second-order valence-corrected chi connectivity index (χ2v) is 17.7. The molecule has 0 aliphatic carbocycles. The number of hydrogen-bond acceptors (Lipinski definition) is 12. The summed E-state index contributed by atoms with van der Waals surface area (Å²) in [5.74, 6) is 0. The van der Waals surface area contributed by atoms with Gasteiger partial charge in [-0.25, -0.2) is 30.0 Å². The summed E-state index contributed by atoms with van der Waals surface area (Å²) in [6, 6.07) is 29.2. The van der Waals surface area contributed by atoms with Gasteiger partial charge < -0.3 is 20.4 Å². The second-order valence-electron chi connectivity index (χ2n) is 11.6. The number of sulfonamides is 2. The Balaban J connectivity index is 0.00000348. The quantitative estimate of drug-likeness (QED) is 0.0521. The molecule has 0 bridgehead atoms. The van der Waals surface area contributed by atoms with Gasteiger partial charge in [0, 0.05) is 30.4 Å². The number of carbonyl (C=O) groups is 1. The van der Waals surface area contributed by atoms with Crippen LogP contribution in [-0.4, -0.2) is 49.9 Å². The van der Waals surface area contributed by atoms with Crippen LogP contribution in [0.25, 0.3) is 21.5 Å². The van der Waals surface area contributed by atoms with Crippen LogP contribution in [-0.2, 0) is 39.5 Å². The Kier molecular flexibility index (Phi) is 15.1. The topological polar surface area (TPSA) is 215 Å². The molecule has 0 aliphatic rings. The van der Waals surface area contributed by atoms with Gasteiger partial charge in [-0.15, -0.1) is 0 Å². The summed E-state index contributed by atoms with van der Waals surface area (Å²) < 4.78 is 94.8. The normalized spacial score (nSPS) is 11.6. The third kappa shape index (κ3) is 10.2. The number of fused-ring (bicyclic) bond motifs is 2. The van der Waals surface area contributed by atoms with Crippen molar-refractivity contribution in [3.8, 4) is 0 Å². The Morgan fingerprint density at radius 1 is 0.589 bits per heavy atom. The van der Waals surface area contributed by atoms with E-state index < -0.39 is 41.1 Å². The zero-order chi connectivity index (χ0) is 38.8. The van der Waals surface area contributed by atoms with Crippen LogP contribution in [0.15, 0.2) is 141 Å². The van der Waals surface area contributed by atoms with Crippen molar-refractivity contribution < 1.29 is 108 Å². The van der Waals surface area contributed by atoms with Crippen molar-refractivity contribution >= 4 is 92.5 Å². The summed E-state index contributed by atoms with van der Waals surface area (Å²) in [5, 5.41) is 21.4. The Labute approximate surface area is 371 Å². The van der Waals surface area contributed by atoms with Gasteiger partial charge in [0.05, 0.1) is 38.1 Å². The van der Waals surface area contributed by atoms with Gasteiger partial charge >= 0.3 is 65.1 Å². The summed E-state index contributed by atoms with van der Waals surface area (Å²) in [6.07, 6.45) is 0. The molecule has 280 valence electrons. The number of amides is 2. The Hall–Kier alpha value is -3.25. The van der Waals surface area contributed by atoms with E-state index in [0.29, 0.717) is 55.5 Å². The predicted molar refractivity (Wildman–Crippen MR) is 201 cm³/mol. The molecule has 0 spiro atoms. The molecule has 0 atom stereocenters. The van der Waals surface area contributed by atoms with E-state index >= 15 is 0 Å². The van der Waals surface area contributed by atoms with E-state index in [0.717, 1.165) is 20.7 Å². The number of benzene rings is 6. The van der Waals surface area contributed by atoms with E-state index in [4.69, 9.17) is 0 Å². The number of nitrogens with one attached hydrogen (secondary N) is 2. The average molecular weight is 855 g/mol. The fourth-order valence-corrected chi connectivity index (χ4v) is 8.80. The maximum atomic E-state index is 13.5. The van der Waals surface area contributed by atoms with E-state index in [1.807, 2.05) is 0 Å². The Morgan fingerprint density at radius 2 is 1.05 bits per heavy atom. The number of rotatable bonds is 12. The molecule has 15 nitrogen and oxygen atoms in total. The minimum Gasteiger partial charge on any atom is -0.744 e. The smallest absolute Gasteiger partial charge is 0.744 e. The van der Waals surface area contributed by atoms with Gasteiger partial charge in [0.1, 0.15) is 10.1 Å². The molecule has 2 amide bonds. The fraction of sp³-hybridized carbons (Fsp3) is 0.0571. The molecule has 2 N–H and O–H groups in total. The number of urea groups is 1. The molecule has 6 aromatic rings. The number of nitrogens with zero attached hydrogens (tertiary/aromatic N) is 2. The molecule has 0 saturated carbocycles. The molecule has 0 unspecified atom stereocenters. The molecular formula is C35H28N4Na2O11S4. The van der Waals surface area contributed by atoms with Crippen LogP contribution in [0.4, 0.5) is 27.5 Å². The first-order valence-corrected chi connectivity index (χ1v) is 20.5. The summed E-state index contributed by atoms with van der Waals surface area (Å²) >= 11 is 0.629. The van der Waals surface area contributed by atoms with Crippen molar-refractivity contribution in [2.75, 3.05) is 33.3 Å². The monoisotopic (exact) mass is 854 g/mol. The molecule has 56 heavy (non-hydrogen) atoms. The molecule has 0 saturated heterocycles. The van der Waals surface area contributed by atoms with Crippen LogP contribution >= 0.6 is 12.0 Å². The molecular weight excluding hydrogens is 827 g/mol. The van der Waals surface area contributed by atoms with E-state index in [9.17, 15) is 39.9 Å². The maximum absolute atomic E-state index is 13.5. The maximum Gasteiger partial charge on any atom is 1.00 e. The zero-order valence-electron chi connectivity index (χ0n) is 30.1. The Morgan fingerprint density at radius 3 is 1.54 bits per heavy atom. The van der Waals surface area contributed by atoms with Gasteiger partial charge in [0.15, 0.2) is 0 Å². The summed E-state index contributed by atoms with van der Waals surface area (Å²) in [7, 11) is -10.4. The largest absolute Gasteiger partial charge is 1.00 e. The molecule has 6 rings (SSSR count). The van der Waals surface area contributed by atoms with Crippen molar-refractivity contribution in [2.24, 2.45) is 0 Å². The van der Waals surface area contributed by atoms with Crippen LogP contribution in [0.5, 0.6) is 0 Å². The van der Waals surface area contributed by atoms with Gasteiger partial charge in [0.2, 0.25) is 0 Å². The van der Waals surface area contributed by atoms with Crippen LogP contribution in [0.3, 0.4) is 0 Å². The number of carbonyl (C=O) groups excluding carboxylic acids is 1. The molecule has 0 fully saturated rings. The van der Waals surface area contributed by atoms with E-state index in [2.05, 4.69) is 20.0 Å². The SMILES string of the molecule is CN(c1cccc(SOO[O-])c1)S(=O)(=O)c1ccc2ccc(NC(=O)Nc3ccc4ccc(S(=O)(=O)N(C)c5cccc(S(=O)(=O)[O-])c5)cc4c3)cc2c1.[Na+].[Na+]. The first kappa shape index (κ1) is 45.5. The standard InChI is InChI=1S/C35H30N4O11S4.2Na/c1-38(29-5-3-7-31(21-29)51-50-49-41)52(42,43)32-15-11-23-9-13-27(17-25(23)19-32)36-35(40)37-28-14-10-24-12-16-33(20-26(24)18-28)53(44,45)39(2)30-6-4-8-34(22-30)54(46,47)48;;/h3-22,41H,1-2H3,(H2,36,37,40)(H,46,47,48);;/q;2*+1/p-2. The average Bonchev–Trinajstić information content (AvgIpc) is 3.15. The van der Waals surface area contributed by atoms with Gasteiger partial charge in [-0.3, -0.25) is 13.6 Å². The summed E-state index contributed by atoms with van der Waals surface area (Å²) in [4.78, 5) is 12.8. The van der Waals surface area contributed by atoms with E-state index in [-0.39, 0.29) is 74.6 Å². The molecule has 0 radical (unpaired) electrons. The zero-order valence-corrected chi connectivity index (χ0v) is 37.3. The van der Waals surface area contributed by atoms with Gasteiger partial charge in [-0.1, -0.05) is 36.4 Å². The van der Waals surface area contributed by atoms with Crippen molar-refractivity contribution in [1.29, 1.82) is 0 Å². The van der Waals surface area contributed by atoms with Crippen molar-refractivity contribution in [3.05, 3.63) is 121 Å². The molecule has 21 heteroatoms.